The van der Waals surface area contributed by atoms with Crippen molar-refractivity contribution in [2.75, 3.05) is 5.32 Å². The number of anilines is 2. The normalized spacial score (nSPS) is 14.9. The Morgan fingerprint density at radius 2 is 2.29 bits per heavy atom. The Bertz CT molecular complexity index is 551. The van der Waals surface area contributed by atoms with Gasteiger partial charge in [0.25, 0.3) is 0 Å². The van der Waals surface area contributed by atoms with Gasteiger partial charge in [-0.25, -0.2) is 9.97 Å². The minimum Gasteiger partial charge on any atom is -0.324 e. The number of aromatic nitrogens is 4. The van der Waals surface area contributed by atoms with E-state index in [-0.39, 0.29) is 0 Å². The lowest BCUT2D eigenvalue weighted by molar-refractivity contribution is 0.965. The summed E-state index contributed by atoms with van der Waals surface area (Å²) in [6, 6.07) is 2.01. The lowest BCUT2D eigenvalue weighted by Crippen LogP contribution is -1.97. The molecule has 3 rings (SSSR count). The van der Waals surface area contributed by atoms with Gasteiger partial charge in [0.2, 0.25) is 0 Å². The molecule has 0 amide bonds. The van der Waals surface area contributed by atoms with Gasteiger partial charge in [0.05, 0.1) is 10.6 Å². The van der Waals surface area contributed by atoms with E-state index < -0.39 is 0 Å². The molecule has 1 saturated carbocycles. The Morgan fingerprint density at radius 3 is 3.06 bits per heavy atom. The maximum Gasteiger partial charge on any atom is 0.198 e. The number of nitrogens with one attached hydrogen (secondary N) is 2. The molecular formula is C10H10BrN5S. The highest BCUT2D eigenvalue weighted by Gasteiger charge is 2.26. The quantitative estimate of drug-likeness (QED) is 0.602. The molecule has 0 aliphatic heterocycles. The van der Waals surface area contributed by atoms with Crippen LogP contribution in [0.5, 0.6) is 0 Å². The van der Waals surface area contributed by atoms with Gasteiger partial charge in [-0.05, 0) is 28.8 Å². The van der Waals surface area contributed by atoms with E-state index in [2.05, 4.69) is 54.0 Å². The van der Waals surface area contributed by atoms with Crippen molar-refractivity contribution < 1.29 is 0 Å². The first-order valence-electron chi connectivity index (χ1n) is 5.26. The van der Waals surface area contributed by atoms with Crippen LogP contribution in [0.1, 0.15) is 24.5 Å². The fourth-order valence-corrected chi connectivity index (χ4v) is 2.01. The van der Waals surface area contributed by atoms with Crippen molar-refractivity contribution in [3.8, 4) is 0 Å². The molecule has 0 saturated heterocycles. The van der Waals surface area contributed by atoms with E-state index in [9.17, 15) is 0 Å². The minimum atomic E-state index is 0.528. The SMILES string of the molecule is Sc1cnc(Br)nc1Nc1cc(C2CC2)n[nH]1. The average Bonchev–Trinajstić information content (AvgIpc) is 3.05. The van der Waals surface area contributed by atoms with Gasteiger partial charge in [0.1, 0.15) is 11.6 Å². The van der Waals surface area contributed by atoms with Crippen LogP contribution in [-0.4, -0.2) is 20.2 Å². The molecule has 2 aromatic rings. The van der Waals surface area contributed by atoms with Gasteiger partial charge in [-0.3, -0.25) is 5.10 Å². The maximum atomic E-state index is 4.29. The molecule has 0 aromatic carbocycles. The van der Waals surface area contributed by atoms with Crippen molar-refractivity contribution in [2.24, 2.45) is 0 Å². The van der Waals surface area contributed by atoms with E-state index in [1.54, 1.807) is 6.20 Å². The van der Waals surface area contributed by atoms with Gasteiger partial charge in [0, 0.05) is 18.2 Å². The van der Waals surface area contributed by atoms with E-state index in [1.807, 2.05) is 6.07 Å². The highest BCUT2D eigenvalue weighted by molar-refractivity contribution is 9.10. The highest BCUT2D eigenvalue weighted by Crippen LogP contribution is 2.39. The first-order chi connectivity index (χ1) is 8.22. The Morgan fingerprint density at radius 1 is 1.47 bits per heavy atom. The van der Waals surface area contributed by atoms with Crippen LogP contribution in [0.4, 0.5) is 11.6 Å². The number of hydrogen-bond donors (Lipinski definition) is 3. The predicted molar refractivity (Wildman–Crippen MR) is 70.8 cm³/mol. The molecule has 0 atom stereocenters. The lowest BCUT2D eigenvalue weighted by Gasteiger charge is -2.04. The van der Waals surface area contributed by atoms with Crippen LogP contribution in [0.25, 0.3) is 0 Å². The van der Waals surface area contributed by atoms with Crippen molar-refractivity contribution in [2.45, 2.75) is 23.7 Å². The zero-order chi connectivity index (χ0) is 11.8. The number of nitrogens with zero attached hydrogens (tertiary/aromatic N) is 3. The number of H-pyrrole nitrogens is 1. The van der Waals surface area contributed by atoms with Gasteiger partial charge >= 0.3 is 0 Å². The molecule has 2 heterocycles. The third-order valence-corrected chi connectivity index (χ3v) is 3.30. The van der Waals surface area contributed by atoms with Crippen LogP contribution >= 0.6 is 28.6 Å². The van der Waals surface area contributed by atoms with Crippen LogP contribution in [0.2, 0.25) is 0 Å². The van der Waals surface area contributed by atoms with E-state index in [1.165, 1.54) is 12.8 Å². The van der Waals surface area contributed by atoms with Crippen LogP contribution in [0, 0.1) is 0 Å². The fourth-order valence-electron chi connectivity index (χ4n) is 1.56. The number of rotatable bonds is 3. The molecule has 1 aliphatic carbocycles. The Hall–Kier alpha value is -1.08. The van der Waals surface area contributed by atoms with Crippen LogP contribution in [0.3, 0.4) is 0 Å². The molecule has 88 valence electrons. The standard InChI is InChI=1S/C10H10BrN5S/c11-10-12-4-7(17)9(14-10)13-8-3-6(15-16-8)5-1-2-5/h3-5,17H,1-2H2,(H2,12,13,14,15,16). The summed E-state index contributed by atoms with van der Waals surface area (Å²) in [5.74, 6) is 2.11. The Labute approximate surface area is 112 Å². The van der Waals surface area contributed by atoms with Crippen molar-refractivity contribution in [3.05, 3.63) is 22.7 Å². The van der Waals surface area contributed by atoms with E-state index in [4.69, 9.17) is 0 Å². The second-order valence-electron chi connectivity index (χ2n) is 3.98. The Kier molecular flexibility index (Phi) is 2.79. The molecule has 0 bridgehead atoms. The van der Waals surface area contributed by atoms with Crippen molar-refractivity contribution in [1.29, 1.82) is 0 Å². The van der Waals surface area contributed by atoms with Gasteiger partial charge in [-0.1, -0.05) is 0 Å². The van der Waals surface area contributed by atoms with Crippen molar-refractivity contribution >= 4 is 40.2 Å². The molecule has 5 nitrogen and oxygen atoms in total. The first-order valence-corrected chi connectivity index (χ1v) is 6.50. The summed E-state index contributed by atoms with van der Waals surface area (Å²) in [6.07, 6.45) is 4.11. The van der Waals surface area contributed by atoms with Gasteiger partial charge < -0.3 is 5.32 Å². The molecule has 2 N–H and O–H groups in total. The topological polar surface area (TPSA) is 66.5 Å². The summed E-state index contributed by atoms with van der Waals surface area (Å²) in [4.78, 5) is 8.89. The average molecular weight is 312 g/mol. The zero-order valence-electron chi connectivity index (χ0n) is 8.81. The third-order valence-electron chi connectivity index (χ3n) is 2.59. The summed E-state index contributed by atoms with van der Waals surface area (Å²) >= 11 is 7.52. The molecule has 17 heavy (non-hydrogen) atoms. The monoisotopic (exact) mass is 311 g/mol. The van der Waals surface area contributed by atoms with Crippen LogP contribution < -0.4 is 5.32 Å². The van der Waals surface area contributed by atoms with E-state index in [0.717, 1.165) is 11.5 Å². The molecule has 1 aliphatic rings. The lowest BCUT2D eigenvalue weighted by atomic mass is 10.3. The predicted octanol–water partition coefficient (Wildman–Crippen LogP) is 2.87. The second-order valence-corrected chi connectivity index (χ2v) is 5.17. The van der Waals surface area contributed by atoms with Gasteiger partial charge in [-0.15, -0.1) is 12.6 Å². The summed E-state index contributed by atoms with van der Waals surface area (Å²) in [5, 5.41) is 10.4. The number of hydrogen-bond acceptors (Lipinski definition) is 5. The fraction of sp³-hybridized carbons (Fsp3) is 0.300. The third kappa shape index (κ3) is 2.44. The summed E-state index contributed by atoms with van der Waals surface area (Å²) in [5.41, 5.74) is 1.11. The maximum absolute atomic E-state index is 4.29. The minimum absolute atomic E-state index is 0.528. The molecule has 2 aromatic heterocycles. The molecule has 7 heteroatoms. The molecule has 1 fully saturated rings. The smallest absolute Gasteiger partial charge is 0.198 e. The summed E-state index contributed by atoms with van der Waals surface area (Å²) in [6.45, 7) is 0. The number of aromatic amines is 1. The number of thiol groups is 1. The van der Waals surface area contributed by atoms with Gasteiger partial charge in [0.15, 0.2) is 4.73 Å². The van der Waals surface area contributed by atoms with E-state index in [0.29, 0.717) is 21.4 Å². The number of halogens is 1. The first kappa shape index (κ1) is 11.0. The van der Waals surface area contributed by atoms with Crippen molar-refractivity contribution in [1.82, 2.24) is 20.2 Å². The van der Waals surface area contributed by atoms with Gasteiger partial charge in [-0.2, -0.15) is 5.10 Å². The summed E-state index contributed by atoms with van der Waals surface area (Å²) < 4.78 is 0.528. The second kappa shape index (κ2) is 4.30. The molecule has 0 radical (unpaired) electrons. The van der Waals surface area contributed by atoms with Crippen LogP contribution in [-0.2, 0) is 0 Å². The molecular weight excluding hydrogens is 302 g/mol. The van der Waals surface area contributed by atoms with Crippen LogP contribution in [0.15, 0.2) is 21.9 Å². The van der Waals surface area contributed by atoms with Crippen molar-refractivity contribution in [3.63, 3.8) is 0 Å². The highest BCUT2D eigenvalue weighted by atomic mass is 79.9. The zero-order valence-corrected chi connectivity index (χ0v) is 11.3. The summed E-state index contributed by atoms with van der Waals surface area (Å²) in [7, 11) is 0. The molecule has 0 unspecified atom stereocenters. The Balaban J connectivity index is 1.82. The molecule has 0 spiro atoms. The largest absolute Gasteiger partial charge is 0.324 e. The van der Waals surface area contributed by atoms with E-state index >= 15 is 0 Å².